The summed E-state index contributed by atoms with van der Waals surface area (Å²) in [6.45, 7) is 6.89. The van der Waals surface area contributed by atoms with Crippen LogP contribution in [0, 0.1) is 17.5 Å². The second kappa shape index (κ2) is 31.4. The van der Waals surface area contributed by atoms with E-state index in [1.54, 1.807) is 92.9 Å². The molecule has 2 saturated heterocycles. The first-order valence-corrected chi connectivity index (χ1v) is 34.3. The Morgan fingerprint density at radius 3 is 1.33 bits per heavy atom. The normalized spacial score (nSPS) is 16.6. The average Bonchev–Trinajstić information content (AvgIpc) is 1.62. The molecule has 8 heterocycles. The number of hydrogen-bond donors (Lipinski definition) is 2. The third kappa shape index (κ3) is 15.9. The number of halogens is 7. The third-order valence-electron chi connectivity index (χ3n) is 17.6. The lowest BCUT2D eigenvalue weighted by molar-refractivity contribution is 0.0736. The molecule has 16 nitrogen and oxygen atoms in total. The molecule has 10 aromatic rings. The van der Waals surface area contributed by atoms with E-state index in [4.69, 9.17) is 75.9 Å². The van der Waals surface area contributed by atoms with Crippen LogP contribution in [0.3, 0.4) is 0 Å². The molecule has 3 amide bonds. The van der Waals surface area contributed by atoms with E-state index in [1.165, 1.54) is 42.8 Å². The van der Waals surface area contributed by atoms with E-state index in [0.29, 0.717) is 68.2 Å². The van der Waals surface area contributed by atoms with E-state index in [9.17, 15) is 27.6 Å². The van der Waals surface area contributed by atoms with Gasteiger partial charge in [-0.25, -0.2) is 32.2 Å². The van der Waals surface area contributed by atoms with Gasteiger partial charge in [-0.1, -0.05) is 120 Å². The summed E-state index contributed by atoms with van der Waals surface area (Å²) < 4.78 is 63.0. The minimum absolute atomic E-state index is 0.103. The molecule has 5 aliphatic heterocycles. The fourth-order valence-corrected chi connectivity index (χ4v) is 13.4. The Balaban J connectivity index is 0.000000135. The SMILES string of the molecule is C[C@@H](NC(=O)c1nn(-c2ccc(Cl)cc2)c2c1COC/C2=C\c1ccc(F)cc1)c1ccccc1.O=C(NN1CCCCC1)c1nn(-c2ccc(Cl)cc2)c2c1COC/C2=C\c1ccc(F)cc1.O=C(c1nn(-c2ccc(Cl)cc2Cl)c2c1COC/C2=C\c1ccc(F)cc1)N1CCCC1. The Kier molecular flexibility index (Phi) is 21.7. The van der Waals surface area contributed by atoms with E-state index >= 15 is 0 Å². The number of nitrogens with zero attached hydrogens (tertiary/aromatic N) is 8. The van der Waals surface area contributed by atoms with Crippen LogP contribution in [-0.4, -0.2) is 103 Å². The third-order valence-corrected chi connectivity index (χ3v) is 18.6. The second-order valence-corrected chi connectivity index (χ2v) is 26.3. The molecule has 2 fully saturated rings. The molecule has 510 valence electrons. The molecule has 3 aromatic heterocycles. The van der Waals surface area contributed by atoms with Gasteiger partial charge < -0.3 is 24.4 Å². The van der Waals surface area contributed by atoms with Crippen LogP contribution < -0.4 is 10.7 Å². The maximum absolute atomic E-state index is 13.4. The quantitative estimate of drug-likeness (QED) is 0.120. The molecule has 100 heavy (non-hydrogen) atoms. The summed E-state index contributed by atoms with van der Waals surface area (Å²) in [5.74, 6) is -1.52. The Labute approximate surface area is 595 Å². The first-order chi connectivity index (χ1) is 48.6. The fourth-order valence-electron chi connectivity index (χ4n) is 12.6. The molecular weight excluding hydrogens is 1360 g/mol. The number of carbonyl (C=O) groups is 3. The zero-order valence-corrected chi connectivity index (χ0v) is 57.3. The predicted molar refractivity (Wildman–Crippen MR) is 383 cm³/mol. The number of benzene rings is 7. The van der Waals surface area contributed by atoms with Crippen LogP contribution in [0.1, 0.15) is 133 Å². The van der Waals surface area contributed by atoms with Crippen molar-refractivity contribution in [1.82, 2.24) is 50.0 Å². The summed E-state index contributed by atoms with van der Waals surface area (Å²) >= 11 is 24.8. The van der Waals surface area contributed by atoms with Gasteiger partial charge in [-0.3, -0.25) is 19.8 Å². The first-order valence-electron chi connectivity index (χ1n) is 32.8. The number of piperidine rings is 1. The molecule has 0 aliphatic carbocycles. The fraction of sp³-hybridized carbons (Fsp3) is 0.221. The summed E-state index contributed by atoms with van der Waals surface area (Å²) in [5, 5.41) is 21.3. The first kappa shape index (κ1) is 69.1. The molecule has 0 radical (unpaired) electrons. The number of nitrogens with one attached hydrogen (secondary N) is 2. The lowest BCUT2D eigenvalue weighted by Gasteiger charge is -2.26. The Morgan fingerprint density at radius 1 is 0.460 bits per heavy atom. The monoisotopic (exact) mass is 1420 g/mol. The van der Waals surface area contributed by atoms with Crippen LogP contribution >= 0.6 is 46.4 Å². The highest BCUT2D eigenvalue weighted by Crippen LogP contribution is 2.38. The summed E-state index contributed by atoms with van der Waals surface area (Å²) in [7, 11) is 0. The van der Waals surface area contributed by atoms with Gasteiger partial charge in [0.25, 0.3) is 17.7 Å². The zero-order valence-electron chi connectivity index (χ0n) is 54.3. The van der Waals surface area contributed by atoms with Gasteiger partial charge in [-0.05, 0) is 176 Å². The van der Waals surface area contributed by atoms with Crippen molar-refractivity contribution in [3.63, 3.8) is 0 Å². The van der Waals surface area contributed by atoms with Crippen molar-refractivity contribution in [2.24, 2.45) is 0 Å². The number of ether oxygens (including phenoxy) is 3. The van der Waals surface area contributed by atoms with Crippen molar-refractivity contribution in [1.29, 1.82) is 0 Å². The van der Waals surface area contributed by atoms with E-state index in [-0.39, 0.29) is 61.0 Å². The van der Waals surface area contributed by atoms with Crippen LogP contribution in [-0.2, 0) is 34.0 Å². The number of fused-ring (bicyclic) bond motifs is 3. The molecule has 5 aliphatic rings. The predicted octanol–water partition coefficient (Wildman–Crippen LogP) is 16.7. The topological polar surface area (TPSA) is 163 Å². The van der Waals surface area contributed by atoms with Crippen molar-refractivity contribution in [2.45, 2.75) is 64.9 Å². The summed E-state index contributed by atoms with van der Waals surface area (Å²) in [6.07, 6.45) is 11.1. The summed E-state index contributed by atoms with van der Waals surface area (Å²) in [6, 6.07) is 48.1. The van der Waals surface area contributed by atoms with Crippen molar-refractivity contribution in [2.75, 3.05) is 46.0 Å². The van der Waals surface area contributed by atoms with Gasteiger partial charge in [0.15, 0.2) is 17.1 Å². The van der Waals surface area contributed by atoms with Gasteiger partial charge in [-0.2, -0.15) is 15.3 Å². The summed E-state index contributed by atoms with van der Waals surface area (Å²) in [4.78, 5) is 41.7. The number of hydrogen-bond acceptors (Lipinski definition) is 10. The lowest BCUT2D eigenvalue weighted by atomic mass is 10.0. The molecule has 0 saturated carbocycles. The van der Waals surface area contributed by atoms with E-state index in [0.717, 1.165) is 130 Å². The van der Waals surface area contributed by atoms with E-state index in [1.807, 2.05) is 89.7 Å². The minimum atomic E-state index is -0.302. The largest absolute Gasteiger partial charge is 0.372 e. The number of likely N-dealkylation sites (tertiary alicyclic amines) is 1. The number of amides is 3. The van der Waals surface area contributed by atoms with Gasteiger partial charge in [0.2, 0.25) is 0 Å². The van der Waals surface area contributed by atoms with Crippen LogP contribution in [0.2, 0.25) is 20.1 Å². The molecule has 0 spiro atoms. The lowest BCUT2D eigenvalue weighted by Crippen LogP contribution is -2.45. The smallest absolute Gasteiger partial charge is 0.286 e. The van der Waals surface area contributed by atoms with Gasteiger partial charge in [0.1, 0.15) is 17.5 Å². The van der Waals surface area contributed by atoms with Crippen LogP contribution in [0.25, 0.3) is 52.0 Å². The zero-order chi connectivity index (χ0) is 69.4. The van der Waals surface area contributed by atoms with Crippen molar-refractivity contribution >= 4 is 99.1 Å². The molecule has 2 N–H and O–H groups in total. The highest BCUT2D eigenvalue weighted by atomic mass is 35.5. The van der Waals surface area contributed by atoms with Gasteiger partial charge in [-0.15, -0.1) is 0 Å². The molecule has 15 rings (SSSR count). The number of hydrazine groups is 1. The Hall–Kier alpha value is -9.41. The molecule has 0 bridgehead atoms. The molecule has 7 aromatic carbocycles. The molecule has 1 atom stereocenters. The van der Waals surface area contributed by atoms with Crippen LogP contribution in [0.5, 0.6) is 0 Å². The van der Waals surface area contributed by atoms with Gasteiger partial charge in [0.05, 0.1) is 84.8 Å². The maximum Gasteiger partial charge on any atom is 0.286 e. The van der Waals surface area contributed by atoms with Crippen LogP contribution in [0.4, 0.5) is 13.2 Å². The summed E-state index contributed by atoms with van der Waals surface area (Å²) in [5.41, 5.74) is 16.8. The van der Waals surface area contributed by atoms with Gasteiger partial charge in [0, 0.05) is 74.7 Å². The number of carbonyl (C=O) groups excluding carboxylic acids is 3. The second-order valence-electron chi connectivity index (χ2n) is 24.5. The number of rotatable bonds is 12. The van der Waals surface area contributed by atoms with E-state index < -0.39 is 0 Å². The maximum atomic E-state index is 13.4. The van der Waals surface area contributed by atoms with Crippen molar-refractivity contribution in [3.8, 4) is 17.1 Å². The van der Waals surface area contributed by atoms with Crippen molar-refractivity contribution < 1.29 is 41.8 Å². The van der Waals surface area contributed by atoms with E-state index in [2.05, 4.69) is 10.7 Å². The Morgan fingerprint density at radius 2 is 0.870 bits per heavy atom. The highest BCUT2D eigenvalue weighted by Gasteiger charge is 2.35. The number of aromatic nitrogens is 6. The molecule has 0 unspecified atom stereocenters. The highest BCUT2D eigenvalue weighted by molar-refractivity contribution is 6.35. The van der Waals surface area contributed by atoms with Crippen LogP contribution in [0.15, 0.2) is 170 Å². The van der Waals surface area contributed by atoms with Gasteiger partial charge >= 0.3 is 0 Å². The van der Waals surface area contributed by atoms with Crippen molar-refractivity contribution in [3.05, 3.63) is 281 Å². The minimum Gasteiger partial charge on any atom is -0.372 e. The molecular formula is C77H67Cl4F3N10O6. The molecule has 23 heteroatoms. The average molecular weight is 1430 g/mol. The standard InChI is InChI=1S/C28H23ClFN3O2.C25H24ClFN4O2.C24H20Cl2FN3O2/c1-18(20-5-3-2-4-6-20)31-28(34)26-25-17-35-16-21(15-19-7-11-23(30)12-8-19)27(25)33(32-26)24-13-9-22(29)10-14-24;26-19-6-10-21(11-7-19)31-24-18(14-17-4-8-20(27)9-5-17)15-33-16-22(24)23(28-31)25(32)29-30-12-2-1-3-13-30;25-17-5-8-21(20(26)12-17)30-23-16(11-15-3-6-18(27)7-4-15)13-32-14-19(23)22(28-30)24(31)29-9-1-2-10-29/h2-15,18H,16-17H2,1H3,(H,31,34);4-11,14H,1-3,12-13,15-16H2,(H,29,32);3-8,11-12H,1-2,9-10,13-14H2/b21-15+;18-14+;16-11+/t18-;;/m1../s1. The Bertz CT molecular complexity index is 4720.